The fourth-order valence-corrected chi connectivity index (χ4v) is 3.95. The molecular formula is C20H17N3O3S. The van der Waals surface area contributed by atoms with Crippen LogP contribution in [0.5, 0.6) is 0 Å². The Morgan fingerprint density at radius 1 is 1.04 bits per heavy atom. The van der Waals surface area contributed by atoms with Crippen molar-refractivity contribution in [3.05, 3.63) is 87.2 Å². The Morgan fingerprint density at radius 2 is 1.59 bits per heavy atom. The number of aromatic nitrogens is 2. The first-order valence-electron chi connectivity index (χ1n) is 8.14. The van der Waals surface area contributed by atoms with E-state index in [-0.39, 0.29) is 10.5 Å². The number of nitrogens with zero attached hydrogens (tertiary/aromatic N) is 3. The molecule has 1 heterocycles. The molecule has 0 radical (unpaired) electrons. The minimum Gasteiger partial charge on any atom is -0.285 e. The Labute approximate surface area is 157 Å². The summed E-state index contributed by atoms with van der Waals surface area (Å²) >= 11 is 0. The predicted molar refractivity (Wildman–Crippen MR) is 103 cm³/mol. The van der Waals surface area contributed by atoms with Crippen LogP contribution in [0.4, 0.5) is 0 Å². The highest BCUT2D eigenvalue weighted by molar-refractivity contribution is 7.95. The molecule has 0 bridgehead atoms. The van der Waals surface area contributed by atoms with Crippen LogP contribution in [-0.4, -0.2) is 17.8 Å². The molecule has 136 valence electrons. The van der Waals surface area contributed by atoms with Gasteiger partial charge < -0.3 is 0 Å². The molecule has 0 aliphatic heterocycles. The third kappa shape index (κ3) is 3.23. The van der Waals surface area contributed by atoms with Crippen LogP contribution in [0, 0.1) is 18.3 Å². The topological polar surface area (TPSA) is 84.9 Å². The second-order valence-corrected chi connectivity index (χ2v) is 7.83. The number of allylic oxidation sites excluding steroid dienone is 1. The van der Waals surface area contributed by atoms with E-state index in [0.717, 1.165) is 6.08 Å². The Balaban J connectivity index is 2.20. The summed E-state index contributed by atoms with van der Waals surface area (Å²) in [6.45, 7) is 1.71. The van der Waals surface area contributed by atoms with Crippen molar-refractivity contribution in [1.82, 2.24) is 9.36 Å². The third-order valence-corrected chi connectivity index (χ3v) is 6.01. The Hall–Kier alpha value is -3.37. The zero-order valence-corrected chi connectivity index (χ0v) is 15.6. The number of hydrogen-bond acceptors (Lipinski definition) is 4. The summed E-state index contributed by atoms with van der Waals surface area (Å²) in [5.41, 5.74) is 0.978. The maximum absolute atomic E-state index is 12.9. The Kier molecular flexibility index (Phi) is 4.84. The van der Waals surface area contributed by atoms with Gasteiger partial charge >= 0.3 is 0 Å². The van der Waals surface area contributed by atoms with E-state index in [1.807, 2.05) is 6.07 Å². The zero-order chi connectivity index (χ0) is 19.6. The summed E-state index contributed by atoms with van der Waals surface area (Å²) in [6.07, 6.45) is 1.15. The summed E-state index contributed by atoms with van der Waals surface area (Å²) in [7, 11) is -2.30. The highest BCUT2D eigenvalue weighted by atomic mass is 32.2. The minimum atomic E-state index is -4.01. The molecule has 0 N–H and O–H groups in total. The van der Waals surface area contributed by atoms with Crippen molar-refractivity contribution in [2.45, 2.75) is 11.8 Å². The van der Waals surface area contributed by atoms with Gasteiger partial charge in [0.25, 0.3) is 5.56 Å². The smallest absolute Gasteiger partial charge is 0.278 e. The molecule has 2 aromatic carbocycles. The van der Waals surface area contributed by atoms with E-state index in [4.69, 9.17) is 0 Å². The average molecular weight is 379 g/mol. The van der Waals surface area contributed by atoms with Gasteiger partial charge in [0.15, 0.2) is 0 Å². The second-order valence-electron chi connectivity index (χ2n) is 5.91. The summed E-state index contributed by atoms with van der Waals surface area (Å²) in [4.78, 5) is 12.5. The quantitative estimate of drug-likeness (QED) is 0.653. The summed E-state index contributed by atoms with van der Waals surface area (Å²) in [6, 6.07) is 18.4. The number of hydrogen-bond donors (Lipinski definition) is 0. The Morgan fingerprint density at radius 3 is 2.15 bits per heavy atom. The first-order chi connectivity index (χ1) is 12.9. The van der Waals surface area contributed by atoms with Crippen LogP contribution >= 0.6 is 0 Å². The van der Waals surface area contributed by atoms with Crippen LogP contribution < -0.4 is 5.56 Å². The molecule has 0 atom stereocenters. The largest absolute Gasteiger partial charge is 0.285 e. The van der Waals surface area contributed by atoms with Gasteiger partial charge in [-0.25, -0.2) is 13.1 Å². The lowest BCUT2D eigenvalue weighted by molar-refractivity contribution is 0.603. The van der Waals surface area contributed by atoms with Gasteiger partial charge in [-0.05, 0) is 37.3 Å². The summed E-state index contributed by atoms with van der Waals surface area (Å²) in [5, 5.41) is 9.45. The van der Waals surface area contributed by atoms with Crippen LogP contribution in [0.1, 0.15) is 11.3 Å². The predicted octanol–water partition coefficient (Wildman–Crippen LogP) is 2.82. The number of sulfone groups is 1. The lowest BCUT2D eigenvalue weighted by atomic mass is 10.2. The maximum Gasteiger partial charge on any atom is 0.278 e. The molecule has 0 aliphatic carbocycles. The molecular weight excluding hydrogens is 362 g/mol. The van der Waals surface area contributed by atoms with E-state index in [2.05, 4.69) is 0 Å². The molecule has 0 fully saturated rings. The fraction of sp³-hybridized carbons (Fsp3) is 0.100. The van der Waals surface area contributed by atoms with Gasteiger partial charge in [-0.2, -0.15) is 5.26 Å². The standard InChI is InChI=1S/C20H17N3O3S/c1-15-19(20(24)23(22(15)2)16-9-5-3-6-10-16)13-18(14-21)27(25,26)17-11-7-4-8-12-17/h3-13H,1-2H3/b18-13+. The molecule has 27 heavy (non-hydrogen) atoms. The van der Waals surface area contributed by atoms with E-state index in [1.165, 1.54) is 16.8 Å². The zero-order valence-electron chi connectivity index (χ0n) is 14.8. The molecule has 0 saturated heterocycles. The lowest BCUT2D eigenvalue weighted by Gasteiger charge is -2.07. The first kappa shape index (κ1) is 18.4. The van der Waals surface area contributed by atoms with E-state index < -0.39 is 20.3 Å². The average Bonchev–Trinajstić information content (AvgIpc) is 2.90. The van der Waals surface area contributed by atoms with Gasteiger partial charge in [-0.3, -0.25) is 9.48 Å². The third-order valence-electron chi connectivity index (χ3n) is 4.33. The Bertz CT molecular complexity index is 1210. The number of rotatable bonds is 4. The molecule has 0 unspecified atom stereocenters. The molecule has 0 spiro atoms. The van der Waals surface area contributed by atoms with Crippen molar-refractivity contribution in [3.8, 4) is 11.8 Å². The van der Waals surface area contributed by atoms with Crippen LogP contribution in [0.3, 0.4) is 0 Å². The number of para-hydroxylation sites is 1. The van der Waals surface area contributed by atoms with E-state index in [0.29, 0.717) is 11.4 Å². The molecule has 6 nitrogen and oxygen atoms in total. The van der Waals surface area contributed by atoms with Gasteiger partial charge in [-0.1, -0.05) is 36.4 Å². The summed E-state index contributed by atoms with van der Waals surface area (Å²) < 4.78 is 28.6. The molecule has 0 saturated carbocycles. The SMILES string of the molecule is Cc1c(/C=C(\C#N)S(=O)(=O)c2ccccc2)c(=O)n(-c2ccccc2)n1C. The highest BCUT2D eigenvalue weighted by Crippen LogP contribution is 2.21. The van der Waals surface area contributed by atoms with Gasteiger partial charge in [0.1, 0.15) is 11.0 Å². The lowest BCUT2D eigenvalue weighted by Crippen LogP contribution is -2.20. The van der Waals surface area contributed by atoms with Crippen molar-refractivity contribution < 1.29 is 8.42 Å². The van der Waals surface area contributed by atoms with Crippen molar-refractivity contribution in [3.63, 3.8) is 0 Å². The summed E-state index contributed by atoms with van der Waals surface area (Å²) in [5.74, 6) is 0. The van der Waals surface area contributed by atoms with Gasteiger partial charge in [0.2, 0.25) is 9.84 Å². The molecule has 0 amide bonds. The van der Waals surface area contributed by atoms with Crippen molar-refractivity contribution in [1.29, 1.82) is 5.26 Å². The van der Waals surface area contributed by atoms with E-state index >= 15 is 0 Å². The minimum absolute atomic E-state index is 0.00905. The van der Waals surface area contributed by atoms with Gasteiger partial charge in [-0.15, -0.1) is 0 Å². The number of benzene rings is 2. The molecule has 3 aromatic rings. The van der Waals surface area contributed by atoms with Gasteiger partial charge in [0.05, 0.1) is 16.1 Å². The van der Waals surface area contributed by atoms with E-state index in [9.17, 15) is 18.5 Å². The van der Waals surface area contributed by atoms with Gasteiger partial charge in [0, 0.05) is 12.7 Å². The van der Waals surface area contributed by atoms with Crippen molar-refractivity contribution in [2.75, 3.05) is 0 Å². The van der Waals surface area contributed by atoms with Crippen LogP contribution in [0.15, 0.2) is 75.3 Å². The maximum atomic E-state index is 12.9. The molecule has 0 aliphatic rings. The van der Waals surface area contributed by atoms with Crippen LogP contribution in [-0.2, 0) is 16.9 Å². The monoisotopic (exact) mass is 379 g/mol. The highest BCUT2D eigenvalue weighted by Gasteiger charge is 2.23. The first-order valence-corrected chi connectivity index (χ1v) is 9.62. The van der Waals surface area contributed by atoms with Crippen molar-refractivity contribution >= 4 is 15.9 Å². The van der Waals surface area contributed by atoms with Crippen LogP contribution in [0.25, 0.3) is 11.8 Å². The second kappa shape index (κ2) is 7.09. The molecule has 1 aromatic heterocycles. The normalized spacial score (nSPS) is 12.0. The molecule has 3 rings (SSSR count). The fourth-order valence-electron chi connectivity index (χ4n) is 2.78. The van der Waals surface area contributed by atoms with Crippen LogP contribution in [0.2, 0.25) is 0 Å². The van der Waals surface area contributed by atoms with E-state index in [1.54, 1.807) is 67.2 Å². The van der Waals surface area contributed by atoms with Crippen molar-refractivity contribution in [2.24, 2.45) is 7.05 Å². The molecule has 7 heteroatoms. The number of nitriles is 1.